The summed E-state index contributed by atoms with van der Waals surface area (Å²) in [7, 11) is 0. The van der Waals surface area contributed by atoms with Crippen molar-refractivity contribution in [1.29, 1.82) is 5.26 Å². The zero-order chi connectivity index (χ0) is 12.8. The highest BCUT2D eigenvalue weighted by Crippen LogP contribution is 2.12. The molecule has 0 aliphatic rings. The van der Waals surface area contributed by atoms with Crippen LogP contribution >= 0.6 is 23.2 Å². The Hall–Kier alpha value is -1.58. The summed E-state index contributed by atoms with van der Waals surface area (Å²) in [5.74, 6) is -0.400. The molecule has 0 spiro atoms. The van der Waals surface area contributed by atoms with Gasteiger partial charge in [0.2, 0.25) is 5.91 Å². The van der Waals surface area contributed by atoms with E-state index in [1.165, 1.54) is 0 Å². The van der Waals surface area contributed by atoms with Crippen molar-refractivity contribution in [3.8, 4) is 6.07 Å². The molecule has 1 amide bonds. The van der Waals surface area contributed by atoms with Gasteiger partial charge in [0, 0.05) is 6.54 Å². The van der Waals surface area contributed by atoms with Crippen molar-refractivity contribution in [2.45, 2.75) is 13.0 Å². The quantitative estimate of drug-likeness (QED) is 0.643. The minimum absolute atomic E-state index is 0.0993. The number of nitrogens with zero attached hydrogens (tertiary/aromatic N) is 3. The fourth-order valence-corrected chi connectivity index (χ4v) is 1.31. The molecule has 1 N–H and O–H groups in total. The lowest BCUT2D eigenvalue weighted by Gasteiger charge is -2.06. The maximum atomic E-state index is 11.5. The van der Waals surface area contributed by atoms with E-state index in [0.717, 1.165) is 10.9 Å². The molecule has 1 rings (SSSR count). The van der Waals surface area contributed by atoms with Crippen LogP contribution in [0.3, 0.4) is 0 Å². The molecule has 0 aliphatic heterocycles. The van der Waals surface area contributed by atoms with Crippen molar-refractivity contribution in [1.82, 2.24) is 14.9 Å². The summed E-state index contributed by atoms with van der Waals surface area (Å²) in [6.07, 6.45) is 1.35. The summed E-state index contributed by atoms with van der Waals surface area (Å²) in [6.45, 7) is 0.0208. The second-order valence-corrected chi connectivity index (χ2v) is 3.78. The minimum Gasteiger partial charge on any atom is -0.354 e. The molecule has 0 radical (unpaired) electrons. The van der Waals surface area contributed by atoms with E-state index in [0.29, 0.717) is 0 Å². The molecule has 8 heteroatoms. The van der Waals surface area contributed by atoms with Crippen molar-refractivity contribution in [3.63, 3.8) is 0 Å². The standard InChI is InChI=1S/C9H8Cl2N4O2/c10-7-8(11)14-5-15(9(7)17)4-6(16)13-3-1-2-12/h5H,1,3-4H2,(H,13,16). The highest BCUT2D eigenvalue weighted by atomic mass is 35.5. The largest absolute Gasteiger partial charge is 0.354 e. The number of halogens is 2. The highest BCUT2D eigenvalue weighted by molar-refractivity contribution is 6.40. The second kappa shape index (κ2) is 6.23. The van der Waals surface area contributed by atoms with Crippen molar-refractivity contribution < 1.29 is 4.79 Å². The summed E-state index contributed by atoms with van der Waals surface area (Å²) in [4.78, 5) is 26.5. The number of carbonyl (C=O) groups is 1. The lowest BCUT2D eigenvalue weighted by molar-refractivity contribution is -0.121. The van der Waals surface area contributed by atoms with Gasteiger partial charge in [-0.05, 0) is 0 Å². The number of amides is 1. The normalized spacial score (nSPS) is 9.71. The van der Waals surface area contributed by atoms with Gasteiger partial charge in [-0.15, -0.1) is 0 Å². The molecule has 0 bridgehead atoms. The van der Waals surface area contributed by atoms with Gasteiger partial charge in [0.25, 0.3) is 5.56 Å². The zero-order valence-corrected chi connectivity index (χ0v) is 10.1. The van der Waals surface area contributed by atoms with E-state index in [1.54, 1.807) is 0 Å². The Morgan fingerprint density at radius 3 is 2.94 bits per heavy atom. The summed E-state index contributed by atoms with van der Waals surface area (Å²) in [6, 6.07) is 1.88. The van der Waals surface area contributed by atoms with Crippen molar-refractivity contribution in [3.05, 3.63) is 26.9 Å². The van der Waals surface area contributed by atoms with Gasteiger partial charge in [0.05, 0.1) is 18.8 Å². The van der Waals surface area contributed by atoms with Crippen LogP contribution in [0, 0.1) is 11.3 Å². The number of nitrogens with one attached hydrogen (secondary N) is 1. The first-order valence-electron chi connectivity index (χ1n) is 4.60. The molecule has 0 saturated carbocycles. The Labute approximate surface area is 107 Å². The average molecular weight is 275 g/mol. The first-order valence-corrected chi connectivity index (χ1v) is 5.36. The van der Waals surface area contributed by atoms with E-state index in [-0.39, 0.29) is 29.7 Å². The number of carbonyl (C=O) groups excluding carboxylic acids is 1. The second-order valence-electron chi connectivity index (χ2n) is 3.04. The van der Waals surface area contributed by atoms with Crippen LogP contribution in [0.15, 0.2) is 11.1 Å². The van der Waals surface area contributed by atoms with Gasteiger partial charge in [-0.25, -0.2) is 4.98 Å². The Balaban J connectivity index is 2.70. The number of aromatic nitrogens is 2. The van der Waals surface area contributed by atoms with Crippen LogP contribution < -0.4 is 10.9 Å². The molecular weight excluding hydrogens is 267 g/mol. The molecule has 0 atom stereocenters. The van der Waals surface area contributed by atoms with Gasteiger partial charge in [-0.1, -0.05) is 23.2 Å². The van der Waals surface area contributed by atoms with Crippen LogP contribution in [0.2, 0.25) is 10.2 Å². The molecular formula is C9H8Cl2N4O2. The third-order valence-electron chi connectivity index (χ3n) is 1.81. The van der Waals surface area contributed by atoms with Gasteiger partial charge in [0.15, 0.2) is 5.15 Å². The topological polar surface area (TPSA) is 87.8 Å². The molecule has 0 aliphatic carbocycles. The predicted octanol–water partition coefficient (Wildman–Crippen LogP) is 0.580. The van der Waals surface area contributed by atoms with Crippen LogP contribution in [-0.2, 0) is 11.3 Å². The molecule has 1 aromatic heterocycles. The van der Waals surface area contributed by atoms with Gasteiger partial charge in [0.1, 0.15) is 11.6 Å². The van der Waals surface area contributed by atoms with Crippen molar-refractivity contribution in [2.24, 2.45) is 0 Å². The summed E-state index contributed by atoms with van der Waals surface area (Å²) in [5.41, 5.74) is -0.581. The average Bonchev–Trinajstić information content (AvgIpc) is 2.30. The zero-order valence-electron chi connectivity index (χ0n) is 8.61. The molecule has 1 aromatic rings. The molecule has 1 heterocycles. The Bertz CT molecular complexity index is 521. The highest BCUT2D eigenvalue weighted by Gasteiger charge is 2.09. The molecule has 17 heavy (non-hydrogen) atoms. The maximum absolute atomic E-state index is 11.5. The van der Waals surface area contributed by atoms with E-state index in [4.69, 9.17) is 28.5 Å². The lowest BCUT2D eigenvalue weighted by Crippen LogP contribution is -2.33. The molecule has 0 unspecified atom stereocenters. The van der Waals surface area contributed by atoms with E-state index in [1.807, 2.05) is 6.07 Å². The van der Waals surface area contributed by atoms with E-state index < -0.39 is 11.5 Å². The van der Waals surface area contributed by atoms with Gasteiger partial charge >= 0.3 is 0 Å². The Morgan fingerprint density at radius 1 is 1.59 bits per heavy atom. The van der Waals surface area contributed by atoms with Crippen molar-refractivity contribution in [2.75, 3.05) is 6.54 Å². The van der Waals surface area contributed by atoms with Crippen LogP contribution in [0.4, 0.5) is 0 Å². The van der Waals surface area contributed by atoms with E-state index in [2.05, 4.69) is 10.3 Å². The number of rotatable bonds is 4. The molecule has 6 nitrogen and oxygen atoms in total. The van der Waals surface area contributed by atoms with Crippen molar-refractivity contribution >= 4 is 29.1 Å². The Morgan fingerprint density at radius 2 is 2.29 bits per heavy atom. The maximum Gasteiger partial charge on any atom is 0.274 e. The van der Waals surface area contributed by atoms with E-state index in [9.17, 15) is 9.59 Å². The fourth-order valence-electron chi connectivity index (χ4n) is 1.02. The molecule has 90 valence electrons. The van der Waals surface area contributed by atoms with Crippen LogP contribution in [0.5, 0.6) is 0 Å². The molecule has 0 saturated heterocycles. The first-order chi connectivity index (χ1) is 8.06. The SMILES string of the molecule is N#CCCNC(=O)Cn1cnc(Cl)c(Cl)c1=O. The monoisotopic (exact) mass is 274 g/mol. The summed E-state index contributed by atoms with van der Waals surface area (Å²) in [5, 5.41) is 10.4. The van der Waals surface area contributed by atoms with Crippen LogP contribution in [0.25, 0.3) is 0 Å². The lowest BCUT2D eigenvalue weighted by atomic mass is 10.4. The smallest absolute Gasteiger partial charge is 0.274 e. The number of hydrogen-bond acceptors (Lipinski definition) is 4. The van der Waals surface area contributed by atoms with Gasteiger partial charge in [-0.3, -0.25) is 14.2 Å². The summed E-state index contributed by atoms with van der Waals surface area (Å²) < 4.78 is 1.04. The third-order valence-corrected chi connectivity index (χ3v) is 2.54. The summed E-state index contributed by atoms with van der Waals surface area (Å²) >= 11 is 11.1. The van der Waals surface area contributed by atoms with E-state index >= 15 is 0 Å². The predicted molar refractivity (Wildman–Crippen MR) is 61.8 cm³/mol. The van der Waals surface area contributed by atoms with Gasteiger partial charge < -0.3 is 5.32 Å². The molecule has 0 fully saturated rings. The molecule has 0 aromatic carbocycles. The fraction of sp³-hybridized carbons (Fsp3) is 0.333. The Kier molecular flexibility index (Phi) is 4.94. The third kappa shape index (κ3) is 3.73. The van der Waals surface area contributed by atoms with Crippen LogP contribution in [0.1, 0.15) is 6.42 Å². The number of nitriles is 1. The number of hydrogen-bond donors (Lipinski definition) is 1. The van der Waals surface area contributed by atoms with Crippen LogP contribution in [-0.4, -0.2) is 22.0 Å². The first kappa shape index (κ1) is 13.5. The van der Waals surface area contributed by atoms with Gasteiger partial charge in [-0.2, -0.15) is 5.26 Å². The minimum atomic E-state index is -0.581.